The number of hydrogen-bond donors (Lipinski definition) is 2. The molecule has 8 heteroatoms. The maximum absolute atomic E-state index is 11.7. The third-order valence-electron chi connectivity index (χ3n) is 2.19. The molecule has 2 rings (SSSR count). The third kappa shape index (κ3) is 4.64. The zero-order chi connectivity index (χ0) is 13.8. The summed E-state index contributed by atoms with van der Waals surface area (Å²) < 4.78 is 2.01. The van der Waals surface area contributed by atoms with Crippen molar-refractivity contribution < 1.29 is 4.79 Å². The second-order valence-electron chi connectivity index (χ2n) is 3.76. The van der Waals surface area contributed by atoms with E-state index >= 15 is 0 Å². The van der Waals surface area contributed by atoms with Gasteiger partial charge in [-0.3, -0.25) is 4.79 Å². The van der Waals surface area contributed by atoms with Gasteiger partial charge in [0.2, 0.25) is 5.91 Å². The highest BCUT2D eigenvalue weighted by Crippen LogP contribution is 2.27. The van der Waals surface area contributed by atoms with Crippen molar-refractivity contribution in [3.05, 3.63) is 30.3 Å². The Morgan fingerprint density at radius 1 is 1.47 bits per heavy atom. The van der Waals surface area contributed by atoms with Crippen LogP contribution < -0.4 is 10.6 Å². The smallest absolute Gasteiger partial charge is 0.240 e. The predicted octanol–water partition coefficient (Wildman–Crippen LogP) is 3.77. The first-order valence-electron chi connectivity index (χ1n) is 5.41. The fourth-order valence-corrected chi connectivity index (χ4v) is 4.02. The van der Waals surface area contributed by atoms with Crippen LogP contribution in [0.15, 0.2) is 19.7 Å². The summed E-state index contributed by atoms with van der Waals surface area (Å²) in [4.78, 5) is 17.1. The molecule has 4 nitrogen and oxygen atoms in total. The monoisotopic (exact) mass is 423 g/mol. The number of rotatable bonds is 5. The minimum Gasteiger partial charge on any atom is -0.303 e. The van der Waals surface area contributed by atoms with Gasteiger partial charge in [-0.1, -0.05) is 11.3 Å². The third-order valence-corrected chi connectivity index (χ3v) is 5.81. The van der Waals surface area contributed by atoms with E-state index in [9.17, 15) is 4.79 Å². The molecular formula is C11H11Br2N3OS2. The summed E-state index contributed by atoms with van der Waals surface area (Å²) in [6.45, 7) is 2.85. The minimum absolute atomic E-state index is 0.0862. The maximum Gasteiger partial charge on any atom is 0.240 e. The molecule has 0 aliphatic rings. The van der Waals surface area contributed by atoms with Crippen LogP contribution in [0.25, 0.3) is 0 Å². The number of nitrogens with one attached hydrogen (secondary N) is 2. The molecule has 1 amide bonds. The number of carbonyl (C=O) groups excluding carboxylic acids is 1. The van der Waals surface area contributed by atoms with Crippen LogP contribution >= 0.6 is 54.5 Å². The fourth-order valence-electron chi connectivity index (χ4n) is 1.34. The predicted molar refractivity (Wildman–Crippen MR) is 86.9 cm³/mol. The number of aryl methyl sites for hydroxylation is 1. The van der Waals surface area contributed by atoms with Gasteiger partial charge < -0.3 is 10.6 Å². The van der Waals surface area contributed by atoms with Crippen molar-refractivity contribution in [2.45, 2.75) is 13.5 Å². The lowest BCUT2D eigenvalue weighted by Gasteiger charge is -2.02. The number of thiazole rings is 1. The first kappa shape index (κ1) is 15.1. The zero-order valence-corrected chi connectivity index (χ0v) is 14.8. The van der Waals surface area contributed by atoms with E-state index < -0.39 is 0 Å². The van der Waals surface area contributed by atoms with E-state index in [0.29, 0.717) is 11.7 Å². The molecule has 0 spiro atoms. The number of carbonyl (C=O) groups is 1. The number of thiophene rings is 1. The van der Waals surface area contributed by atoms with Gasteiger partial charge in [0, 0.05) is 21.3 Å². The van der Waals surface area contributed by atoms with Gasteiger partial charge in [0.15, 0.2) is 5.13 Å². The number of anilines is 1. The summed E-state index contributed by atoms with van der Waals surface area (Å²) in [5.41, 5.74) is 0.886. The van der Waals surface area contributed by atoms with E-state index in [4.69, 9.17) is 0 Å². The van der Waals surface area contributed by atoms with E-state index in [1.54, 1.807) is 11.3 Å². The maximum atomic E-state index is 11.7. The average molecular weight is 425 g/mol. The number of nitrogens with zero attached hydrogens (tertiary/aromatic N) is 1. The second-order valence-corrected chi connectivity index (χ2v) is 7.99. The fraction of sp³-hybridized carbons (Fsp3) is 0.273. The second kappa shape index (κ2) is 6.94. The molecule has 2 aromatic rings. The van der Waals surface area contributed by atoms with Gasteiger partial charge in [-0.25, -0.2) is 4.98 Å². The average Bonchev–Trinajstić information content (AvgIpc) is 2.86. The standard InChI is InChI=1S/C11H11Br2N3OS2/c1-6-10(13)19-11(15-6)16-9(17)4-14-3-8-2-7(12)5-18-8/h2,5,14H,3-4H2,1H3,(H,15,16,17). The largest absolute Gasteiger partial charge is 0.303 e. The first-order chi connectivity index (χ1) is 9.04. The Kier molecular flexibility index (Phi) is 5.52. The van der Waals surface area contributed by atoms with Crippen molar-refractivity contribution in [3.63, 3.8) is 0 Å². The Morgan fingerprint density at radius 2 is 2.26 bits per heavy atom. The highest BCUT2D eigenvalue weighted by Gasteiger charge is 2.08. The quantitative estimate of drug-likeness (QED) is 0.767. The summed E-state index contributed by atoms with van der Waals surface area (Å²) >= 11 is 9.85. The molecule has 0 aliphatic carbocycles. The van der Waals surface area contributed by atoms with Gasteiger partial charge in [-0.15, -0.1) is 11.3 Å². The van der Waals surface area contributed by atoms with Crippen LogP contribution in [0, 0.1) is 6.92 Å². The van der Waals surface area contributed by atoms with E-state index in [2.05, 4.69) is 47.5 Å². The molecule has 0 bridgehead atoms. The van der Waals surface area contributed by atoms with Crippen molar-refractivity contribution in [2.75, 3.05) is 11.9 Å². The van der Waals surface area contributed by atoms with Crippen molar-refractivity contribution in [1.29, 1.82) is 0 Å². The van der Waals surface area contributed by atoms with Crippen molar-refractivity contribution in [3.8, 4) is 0 Å². The topological polar surface area (TPSA) is 54.0 Å². The molecule has 2 aromatic heterocycles. The molecule has 0 unspecified atom stereocenters. The Morgan fingerprint density at radius 3 is 2.84 bits per heavy atom. The lowest BCUT2D eigenvalue weighted by Crippen LogP contribution is -2.27. The molecule has 0 aromatic carbocycles. The molecule has 102 valence electrons. The number of hydrogen-bond acceptors (Lipinski definition) is 5. The summed E-state index contributed by atoms with van der Waals surface area (Å²) in [5, 5.41) is 8.51. The molecule has 0 aliphatic heterocycles. The highest BCUT2D eigenvalue weighted by atomic mass is 79.9. The van der Waals surface area contributed by atoms with Gasteiger partial charge in [-0.05, 0) is 44.8 Å². The van der Waals surface area contributed by atoms with Crippen molar-refractivity contribution in [2.24, 2.45) is 0 Å². The van der Waals surface area contributed by atoms with Crippen LogP contribution in [-0.4, -0.2) is 17.4 Å². The molecule has 0 radical (unpaired) electrons. The van der Waals surface area contributed by atoms with Gasteiger partial charge in [-0.2, -0.15) is 0 Å². The van der Waals surface area contributed by atoms with Crippen LogP contribution in [0.1, 0.15) is 10.6 Å². The van der Waals surface area contributed by atoms with E-state index in [1.165, 1.54) is 16.2 Å². The molecular weight excluding hydrogens is 414 g/mol. The van der Waals surface area contributed by atoms with Crippen molar-refractivity contribution >= 4 is 65.6 Å². The number of halogens is 2. The molecule has 0 fully saturated rings. The van der Waals surface area contributed by atoms with Crippen LogP contribution in [0.4, 0.5) is 5.13 Å². The van der Waals surface area contributed by atoms with Gasteiger partial charge >= 0.3 is 0 Å². The number of amides is 1. The lowest BCUT2D eigenvalue weighted by molar-refractivity contribution is -0.115. The molecule has 19 heavy (non-hydrogen) atoms. The van der Waals surface area contributed by atoms with Crippen LogP contribution in [0.2, 0.25) is 0 Å². The Labute approximate surface area is 135 Å². The number of aromatic nitrogens is 1. The Hall–Kier alpha value is -0.280. The summed E-state index contributed by atoms with van der Waals surface area (Å²) in [6, 6.07) is 2.04. The molecule has 0 saturated heterocycles. The van der Waals surface area contributed by atoms with Gasteiger partial charge in [0.1, 0.15) is 0 Å². The SMILES string of the molecule is Cc1nc(NC(=O)CNCc2cc(Br)cs2)sc1Br. The van der Waals surface area contributed by atoms with Crippen LogP contribution in [-0.2, 0) is 11.3 Å². The molecule has 0 atom stereocenters. The van der Waals surface area contributed by atoms with Crippen molar-refractivity contribution in [1.82, 2.24) is 10.3 Å². The summed E-state index contributed by atoms with van der Waals surface area (Å²) in [5.74, 6) is -0.0862. The van der Waals surface area contributed by atoms with Gasteiger partial charge in [0.25, 0.3) is 0 Å². The van der Waals surface area contributed by atoms with Crippen LogP contribution in [0.3, 0.4) is 0 Å². The van der Waals surface area contributed by atoms with Crippen LogP contribution in [0.5, 0.6) is 0 Å². The Bertz CT molecular complexity index is 563. The minimum atomic E-state index is -0.0862. The normalized spacial score (nSPS) is 10.7. The lowest BCUT2D eigenvalue weighted by atomic mass is 10.4. The molecule has 0 saturated carbocycles. The Balaban J connectivity index is 1.75. The van der Waals surface area contributed by atoms with E-state index in [-0.39, 0.29) is 12.5 Å². The molecule has 2 heterocycles. The highest BCUT2D eigenvalue weighted by molar-refractivity contribution is 9.11. The molecule has 2 N–H and O–H groups in total. The van der Waals surface area contributed by atoms with Gasteiger partial charge in [0.05, 0.1) is 16.0 Å². The van der Waals surface area contributed by atoms with E-state index in [0.717, 1.165) is 14.0 Å². The summed E-state index contributed by atoms with van der Waals surface area (Å²) in [6.07, 6.45) is 0. The first-order valence-corrected chi connectivity index (χ1v) is 8.69. The van der Waals surface area contributed by atoms with E-state index in [1.807, 2.05) is 18.4 Å². The summed E-state index contributed by atoms with van der Waals surface area (Å²) in [7, 11) is 0. The zero-order valence-electron chi connectivity index (χ0n) is 10.00.